The highest BCUT2D eigenvalue weighted by atomic mass is 35.5. The molecule has 1 aliphatic heterocycles. The minimum absolute atomic E-state index is 0.0355. The minimum Gasteiger partial charge on any atom is -0.493 e. The van der Waals surface area contributed by atoms with Crippen LogP contribution in [0.25, 0.3) is 6.08 Å². The van der Waals surface area contributed by atoms with Crippen LogP contribution in [-0.4, -0.2) is 24.9 Å². The molecule has 2 aromatic carbocycles. The molecule has 2 aromatic rings. The third-order valence-electron chi connectivity index (χ3n) is 3.53. The second kappa shape index (κ2) is 7.59. The van der Waals surface area contributed by atoms with Gasteiger partial charge in [-0.3, -0.25) is 4.79 Å². The van der Waals surface area contributed by atoms with E-state index >= 15 is 0 Å². The molecule has 0 unspecified atom stereocenters. The summed E-state index contributed by atoms with van der Waals surface area (Å²) in [7, 11) is 1.38. The van der Waals surface area contributed by atoms with E-state index in [9.17, 15) is 14.0 Å². The highest BCUT2D eigenvalue weighted by Gasteiger charge is 2.26. The van der Waals surface area contributed by atoms with Gasteiger partial charge in [0.2, 0.25) is 5.90 Å². The molecular formula is C19H13ClFNO5. The van der Waals surface area contributed by atoms with Gasteiger partial charge in [-0.15, -0.1) is 0 Å². The molecule has 0 fully saturated rings. The third-order valence-corrected chi connectivity index (χ3v) is 3.81. The van der Waals surface area contributed by atoms with E-state index in [1.807, 2.05) is 0 Å². The molecule has 0 bridgehead atoms. The summed E-state index contributed by atoms with van der Waals surface area (Å²) in [5.41, 5.74) is 0.500. The first-order chi connectivity index (χ1) is 12.9. The van der Waals surface area contributed by atoms with Gasteiger partial charge >= 0.3 is 11.9 Å². The standard InChI is InChI=1S/C19H13ClFNO5/c1-10(23)26-17-13(20)7-11(9-16(17)25-2)8-15-19(24)27-18(22-15)12-5-3-4-6-14(12)21/h3-9H,1-2H3/b15-8-. The zero-order valence-corrected chi connectivity index (χ0v) is 15.0. The largest absolute Gasteiger partial charge is 0.493 e. The highest BCUT2D eigenvalue weighted by Crippen LogP contribution is 2.37. The first-order valence-corrected chi connectivity index (χ1v) is 8.10. The van der Waals surface area contributed by atoms with Crippen LogP contribution in [0.3, 0.4) is 0 Å². The molecule has 138 valence electrons. The highest BCUT2D eigenvalue weighted by molar-refractivity contribution is 6.32. The average Bonchev–Trinajstić information content (AvgIpc) is 2.97. The predicted molar refractivity (Wildman–Crippen MR) is 96.3 cm³/mol. The van der Waals surface area contributed by atoms with Crippen molar-refractivity contribution < 1.29 is 28.2 Å². The van der Waals surface area contributed by atoms with Gasteiger partial charge in [0.05, 0.1) is 17.7 Å². The van der Waals surface area contributed by atoms with E-state index in [0.29, 0.717) is 5.56 Å². The maximum absolute atomic E-state index is 13.9. The number of halogens is 2. The summed E-state index contributed by atoms with van der Waals surface area (Å²) in [6, 6.07) is 8.81. The van der Waals surface area contributed by atoms with Gasteiger partial charge in [-0.05, 0) is 35.9 Å². The van der Waals surface area contributed by atoms with Gasteiger partial charge in [0.15, 0.2) is 17.2 Å². The van der Waals surface area contributed by atoms with Crippen molar-refractivity contribution in [2.24, 2.45) is 4.99 Å². The summed E-state index contributed by atoms with van der Waals surface area (Å²) in [5.74, 6) is -1.69. The van der Waals surface area contributed by atoms with Gasteiger partial charge in [-0.25, -0.2) is 14.2 Å². The van der Waals surface area contributed by atoms with Crippen molar-refractivity contribution in [2.75, 3.05) is 7.11 Å². The van der Waals surface area contributed by atoms with Crippen molar-refractivity contribution in [1.29, 1.82) is 0 Å². The Morgan fingerprint density at radius 1 is 1.30 bits per heavy atom. The number of carbonyl (C=O) groups excluding carboxylic acids is 2. The van der Waals surface area contributed by atoms with E-state index in [0.717, 1.165) is 0 Å². The van der Waals surface area contributed by atoms with Crippen molar-refractivity contribution in [1.82, 2.24) is 0 Å². The Balaban J connectivity index is 1.99. The first-order valence-electron chi connectivity index (χ1n) is 7.72. The summed E-state index contributed by atoms with van der Waals surface area (Å²) in [6.07, 6.45) is 1.40. The second-order valence-electron chi connectivity index (χ2n) is 5.44. The molecule has 0 amide bonds. The van der Waals surface area contributed by atoms with Crippen molar-refractivity contribution in [2.45, 2.75) is 6.92 Å². The Kier molecular flexibility index (Phi) is 5.23. The summed E-state index contributed by atoms with van der Waals surface area (Å²) < 4.78 is 29.1. The molecule has 0 N–H and O–H groups in total. The van der Waals surface area contributed by atoms with E-state index in [1.54, 1.807) is 6.07 Å². The van der Waals surface area contributed by atoms with Crippen LogP contribution in [-0.2, 0) is 14.3 Å². The van der Waals surface area contributed by atoms with Gasteiger partial charge in [0.1, 0.15) is 5.82 Å². The number of ether oxygens (including phenoxy) is 3. The lowest BCUT2D eigenvalue weighted by Gasteiger charge is -2.10. The van der Waals surface area contributed by atoms with Crippen molar-refractivity contribution in [3.8, 4) is 11.5 Å². The van der Waals surface area contributed by atoms with Crippen LogP contribution in [0, 0.1) is 5.82 Å². The molecule has 0 aliphatic carbocycles. The van der Waals surface area contributed by atoms with E-state index in [-0.39, 0.29) is 33.7 Å². The molecular weight excluding hydrogens is 377 g/mol. The van der Waals surface area contributed by atoms with E-state index < -0.39 is 17.8 Å². The number of cyclic esters (lactones) is 1. The Hall–Kier alpha value is -3.19. The first kappa shape index (κ1) is 18.6. The fourth-order valence-electron chi connectivity index (χ4n) is 2.38. The minimum atomic E-state index is -0.729. The molecule has 0 atom stereocenters. The molecule has 1 heterocycles. The maximum Gasteiger partial charge on any atom is 0.363 e. The number of rotatable bonds is 4. The fraction of sp³-hybridized carbons (Fsp3) is 0.105. The van der Waals surface area contributed by atoms with Crippen LogP contribution < -0.4 is 9.47 Å². The number of carbonyl (C=O) groups is 2. The summed E-state index contributed by atoms with van der Waals surface area (Å²) in [5, 5.41) is 0.112. The van der Waals surface area contributed by atoms with Crippen LogP contribution in [0.2, 0.25) is 5.02 Å². The molecule has 0 spiro atoms. The van der Waals surface area contributed by atoms with E-state index in [4.69, 9.17) is 25.8 Å². The quantitative estimate of drug-likeness (QED) is 0.452. The Morgan fingerprint density at radius 2 is 2.04 bits per heavy atom. The molecule has 0 aromatic heterocycles. The zero-order chi connectivity index (χ0) is 19.6. The topological polar surface area (TPSA) is 74.2 Å². The number of nitrogens with zero attached hydrogens (tertiary/aromatic N) is 1. The van der Waals surface area contributed by atoms with Crippen LogP contribution in [0.4, 0.5) is 4.39 Å². The third kappa shape index (κ3) is 3.98. The molecule has 0 saturated carbocycles. The number of methoxy groups -OCH3 is 1. The van der Waals surface area contributed by atoms with Gasteiger partial charge in [0.25, 0.3) is 0 Å². The number of hydrogen-bond acceptors (Lipinski definition) is 6. The molecule has 0 radical (unpaired) electrons. The number of esters is 2. The normalized spacial score (nSPS) is 14.7. The zero-order valence-electron chi connectivity index (χ0n) is 14.3. The Bertz CT molecular complexity index is 1000. The maximum atomic E-state index is 13.9. The Morgan fingerprint density at radius 3 is 2.70 bits per heavy atom. The lowest BCUT2D eigenvalue weighted by Crippen LogP contribution is -2.07. The average molecular weight is 390 g/mol. The van der Waals surface area contributed by atoms with Gasteiger partial charge < -0.3 is 14.2 Å². The summed E-state index contributed by atoms with van der Waals surface area (Å²) >= 11 is 6.14. The van der Waals surface area contributed by atoms with Crippen LogP contribution in [0.5, 0.6) is 11.5 Å². The van der Waals surface area contributed by atoms with Gasteiger partial charge in [-0.1, -0.05) is 23.7 Å². The monoisotopic (exact) mass is 389 g/mol. The van der Waals surface area contributed by atoms with Crippen LogP contribution in [0.15, 0.2) is 47.1 Å². The number of aliphatic imine (C=N–C) groups is 1. The molecule has 27 heavy (non-hydrogen) atoms. The van der Waals surface area contributed by atoms with E-state index in [1.165, 1.54) is 50.4 Å². The van der Waals surface area contributed by atoms with Crippen molar-refractivity contribution in [3.05, 3.63) is 64.1 Å². The molecule has 0 saturated heterocycles. The van der Waals surface area contributed by atoms with E-state index in [2.05, 4.69) is 4.99 Å². The summed E-state index contributed by atoms with van der Waals surface area (Å²) in [4.78, 5) is 27.3. The van der Waals surface area contributed by atoms with Crippen molar-refractivity contribution >= 4 is 35.5 Å². The number of hydrogen-bond donors (Lipinski definition) is 0. The predicted octanol–water partition coefficient (Wildman–Crippen LogP) is 3.76. The van der Waals surface area contributed by atoms with Crippen molar-refractivity contribution in [3.63, 3.8) is 0 Å². The van der Waals surface area contributed by atoms with Crippen LogP contribution in [0.1, 0.15) is 18.1 Å². The Labute approximate surface area is 158 Å². The number of benzene rings is 2. The SMILES string of the molecule is COc1cc(/C=C2\N=C(c3ccccc3F)OC2=O)cc(Cl)c1OC(C)=O. The van der Waals surface area contributed by atoms with Gasteiger partial charge in [-0.2, -0.15) is 0 Å². The smallest absolute Gasteiger partial charge is 0.363 e. The lowest BCUT2D eigenvalue weighted by atomic mass is 10.1. The second-order valence-corrected chi connectivity index (χ2v) is 5.85. The summed E-state index contributed by atoms with van der Waals surface area (Å²) in [6.45, 7) is 1.24. The molecule has 8 heteroatoms. The molecule has 6 nitrogen and oxygen atoms in total. The van der Waals surface area contributed by atoms with Crippen LogP contribution >= 0.6 is 11.6 Å². The molecule has 1 aliphatic rings. The van der Waals surface area contributed by atoms with Gasteiger partial charge in [0, 0.05) is 6.92 Å². The molecule has 3 rings (SSSR count). The lowest BCUT2D eigenvalue weighted by molar-refractivity contribution is -0.132. The fourth-order valence-corrected chi connectivity index (χ4v) is 2.64.